The summed E-state index contributed by atoms with van der Waals surface area (Å²) in [6, 6.07) is 5.16. The van der Waals surface area contributed by atoms with Crippen LogP contribution in [0.15, 0.2) is 22.7 Å². The molecule has 15 heavy (non-hydrogen) atoms. The molecule has 0 aliphatic heterocycles. The zero-order chi connectivity index (χ0) is 10.8. The molecule has 0 spiro atoms. The maximum absolute atomic E-state index is 5.81. The molecule has 5 nitrogen and oxygen atoms in total. The number of benzene rings is 1. The van der Waals surface area contributed by atoms with Gasteiger partial charge in [0.05, 0.1) is 0 Å². The van der Waals surface area contributed by atoms with Crippen molar-refractivity contribution in [2.75, 3.05) is 11.1 Å². The average molecular weight is 245 g/mol. The van der Waals surface area contributed by atoms with Crippen molar-refractivity contribution in [3.05, 3.63) is 28.2 Å². The molecule has 0 atom stereocenters. The Hall–Kier alpha value is -1.46. The van der Waals surface area contributed by atoms with E-state index >= 15 is 0 Å². The molecule has 0 unspecified atom stereocenters. The van der Waals surface area contributed by atoms with Crippen molar-refractivity contribution in [2.45, 2.75) is 0 Å². The van der Waals surface area contributed by atoms with E-state index in [0.29, 0.717) is 15.7 Å². The van der Waals surface area contributed by atoms with Crippen molar-refractivity contribution in [1.29, 1.82) is 0 Å². The molecule has 3 N–H and O–H groups in total. The second-order valence-electron chi connectivity index (χ2n) is 2.74. The van der Waals surface area contributed by atoms with Crippen LogP contribution in [-0.2, 0) is 0 Å². The van der Waals surface area contributed by atoms with Crippen LogP contribution in [0.4, 0.5) is 17.7 Å². The molecule has 2 aromatic rings. The van der Waals surface area contributed by atoms with Crippen molar-refractivity contribution < 1.29 is 4.52 Å². The number of nitrogens with zero attached hydrogens (tertiary/aromatic N) is 2. The number of rotatable bonds is 2. The molecule has 0 amide bonds. The summed E-state index contributed by atoms with van der Waals surface area (Å²) < 4.78 is 4.76. The van der Waals surface area contributed by atoms with Gasteiger partial charge in [0, 0.05) is 15.7 Å². The molecule has 1 heterocycles. The highest BCUT2D eigenvalue weighted by Crippen LogP contribution is 2.24. The molecule has 0 fully saturated rings. The van der Waals surface area contributed by atoms with Gasteiger partial charge in [-0.3, -0.25) is 0 Å². The Balaban J connectivity index is 2.24. The third-order valence-electron chi connectivity index (χ3n) is 1.56. The lowest BCUT2D eigenvalue weighted by atomic mass is 10.3. The highest BCUT2D eigenvalue weighted by atomic mass is 35.5. The maximum Gasteiger partial charge on any atom is 0.327 e. The Labute approximate surface area is 95.2 Å². The first-order valence-electron chi connectivity index (χ1n) is 3.96. The Kier molecular flexibility index (Phi) is 2.66. The summed E-state index contributed by atoms with van der Waals surface area (Å²) in [5, 5.41) is 7.26. The van der Waals surface area contributed by atoms with Crippen LogP contribution < -0.4 is 11.1 Å². The first-order chi connectivity index (χ1) is 7.13. The van der Waals surface area contributed by atoms with Gasteiger partial charge in [-0.05, 0) is 23.4 Å². The number of hydrogen-bond donors (Lipinski definition) is 2. The quantitative estimate of drug-likeness (QED) is 0.850. The Morgan fingerprint density at radius 3 is 2.40 bits per heavy atom. The van der Waals surface area contributed by atoms with E-state index in [0.717, 1.165) is 0 Å². The molecule has 0 aliphatic rings. The largest absolute Gasteiger partial charge is 0.365 e. The lowest BCUT2D eigenvalue weighted by molar-refractivity contribution is 0.436. The minimum Gasteiger partial charge on any atom is -0.365 e. The number of aromatic nitrogens is 2. The molecule has 0 bridgehead atoms. The monoisotopic (exact) mass is 244 g/mol. The van der Waals surface area contributed by atoms with Crippen molar-refractivity contribution >= 4 is 40.9 Å². The first-order valence-corrected chi connectivity index (χ1v) is 4.71. The molecule has 0 aliphatic carbocycles. The van der Waals surface area contributed by atoms with Crippen molar-refractivity contribution in [3.8, 4) is 0 Å². The second-order valence-corrected chi connectivity index (χ2v) is 3.61. The molecule has 2 rings (SSSR count). The normalized spacial score (nSPS) is 10.3. The lowest BCUT2D eigenvalue weighted by Gasteiger charge is -2.01. The molecule has 1 aromatic carbocycles. The lowest BCUT2D eigenvalue weighted by Crippen LogP contribution is -1.91. The predicted molar refractivity (Wildman–Crippen MR) is 58.5 cm³/mol. The number of halogens is 2. The van der Waals surface area contributed by atoms with Crippen LogP contribution in [-0.4, -0.2) is 10.1 Å². The van der Waals surface area contributed by atoms with Gasteiger partial charge in [0.1, 0.15) is 0 Å². The van der Waals surface area contributed by atoms with Crippen molar-refractivity contribution in [1.82, 2.24) is 10.1 Å². The summed E-state index contributed by atoms with van der Waals surface area (Å²) in [6.45, 7) is 0. The molecular formula is C8H6Cl2N4O. The second kappa shape index (κ2) is 3.96. The summed E-state index contributed by atoms with van der Waals surface area (Å²) in [7, 11) is 0. The standard InChI is InChI=1S/C8H6Cl2N4O/c9-4-1-5(10)3-6(2-4)12-8-13-7(11)14-15-8/h1-3H,(H3,11,12,13,14). The van der Waals surface area contributed by atoms with Gasteiger partial charge in [-0.15, -0.1) is 0 Å². The van der Waals surface area contributed by atoms with Crippen LogP contribution in [0.2, 0.25) is 10.0 Å². The zero-order valence-electron chi connectivity index (χ0n) is 7.37. The number of nitrogen functional groups attached to an aromatic ring is 1. The van der Waals surface area contributed by atoms with E-state index < -0.39 is 0 Å². The van der Waals surface area contributed by atoms with Crippen molar-refractivity contribution in [2.24, 2.45) is 0 Å². The molecule has 1 aromatic heterocycles. The Bertz CT molecular complexity index is 465. The van der Waals surface area contributed by atoms with E-state index in [2.05, 4.69) is 15.5 Å². The number of hydrogen-bond acceptors (Lipinski definition) is 5. The summed E-state index contributed by atoms with van der Waals surface area (Å²) >= 11 is 11.6. The molecule has 0 saturated carbocycles. The highest BCUT2D eigenvalue weighted by Gasteiger charge is 2.04. The van der Waals surface area contributed by atoms with E-state index in [-0.39, 0.29) is 12.0 Å². The van der Waals surface area contributed by atoms with Gasteiger partial charge in [-0.1, -0.05) is 23.2 Å². The number of nitrogens with one attached hydrogen (secondary N) is 1. The summed E-state index contributed by atoms with van der Waals surface area (Å²) in [4.78, 5) is 3.77. The maximum atomic E-state index is 5.81. The molecule has 7 heteroatoms. The van der Waals surface area contributed by atoms with E-state index in [4.69, 9.17) is 33.5 Å². The van der Waals surface area contributed by atoms with E-state index in [1.165, 1.54) is 0 Å². The van der Waals surface area contributed by atoms with E-state index in [9.17, 15) is 0 Å². The van der Waals surface area contributed by atoms with Gasteiger partial charge in [0.15, 0.2) is 0 Å². The van der Waals surface area contributed by atoms with Gasteiger partial charge >= 0.3 is 6.01 Å². The van der Waals surface area contributed by atoms with Crippen molar-refractivity contribution in [3.63, 3.8) is 0 Å². The van der Waals surface area contributed by atoms with Gasteiger partial charge < -0.3 is 15.6 Å². The zero-order valence-corrected chi connectivity index (χ0v) is 8.88. The number of anilines is 3. The summed E-state index contributed by atoms with van der Waals surface area (Å²) in [5.41, 5.74) is 5.93. The Morgan fingerprint density at radius 1 is 1.20 bits per heavy atom. The van der Waals surface area contributed by atoms with Gasteiger partial charge in [-0.2, -0.15) is 4.98 Å². The third kappa shape index (κ3) is 2.51. The van der Waals surface area contributed by atoms with Crippen LogP contribution in [0.5, 0.6) is 0 Å². The molecule has 78 valence electrons. The van der Waals surface area contributed by atoms with Crippen LogP contribution >= 0.6 is 23.2 Å². The molecule has 0 radical (unpaired) electrons. The minimum atomic E-state index is 0.0608. The fourth-order valence-electron chi connectivity index (χ4n) is 1.04. The van der Waals surface area contributed by atoms with Crippen LogP contribution in [0, 0.1) is 0 Å². The Morgan fingerprint density at radius 2 is 1.87 bits per heavy atom. The highest BCUT2D eigenvalue weighted by molar-refractivity contribution is 6.35. The molecule has 0 saturated heterocycles. The van der Waals surface area contributed by atoms with Gasteiger partial charge in [0.25, 0.3) is 5.95 Å². The van der Waals surface area contributed by atoms with Crippen LogP contribution in [0.3, 0.4) is 0 Å². The van der Waals surface area contributed by atoms with Crippen LogP contribution in [0.25, 0.3) is 0 Å². The van der Waals surface area contributed by atoms with Crippen LogP contribution in [0.1, 0.15) is 0 Å². The number of nitrogens with two attached hydrogens (primary N) is 1. The molecular weight excluding hydrogens is 239 g/mol. The smallest absolute Gasteiger partial charge is 0.327 e. The fraction of sp³-hybridized carbons (Fsp3) is 0. The SMILES string of the molecule is Nc1noc(Nc2cc(Cl)cc(Cl)c2)n1. The average Bonchev–Trinajstić information content (AvgIpc) is 2.49. The van der Waals surface area contributed by atoms with E-state index in [1.807, 2.05) is 0 Å². The summed E-state index contributed by atoms with van der Waals surface area (Å²) in [5.74, 6) is 0.0608. The predicted octanol–water partition coefficient (Wildman–Crippen LogP) is 2.70. The third-order valence-corrected chi connectivity index (χ3v) is 1.99. The topological polar surface area (TPSA) is 77.0 Å². The first kappa shape index (κ1) is 10.1. The fourth-order valence-corrected chi connectivity index (χ4v) is 1.56. The summed E-state index contributed by atoms with van der Waals surface area (Å²) in [6.07, 6.45) is 0. The van der Waals surface area contributed by atoms with E-state index in [1.54, 1.807) is 18.2 Å². The van der Waals surface area contributed by atoms with Gasteiger partial charge in [0.2, 0.25) is 0 Å². The van der Waals surface area contributed by atoms with Gasteiger partial charge in [-0.25, -0.2) is 0 Å². The minimum absolute atomic E-state index is 0.0608.